The lowest BCUT2D eigenvalue weighted by Crippen LogP contribution is -2.35. The van der Waals surface area contributed by atoms with E-state index in [1.807, 2.05) is 0 Å². The first-order valence-corrected chi connectivity index (χ1v) is 3.73. The molecule has 2 bridgehead atoms. The molecule has 0 aromatic carbocycles. The summed E-state index contributed by atoms with van der Waals surface area (Å²) in [5.41, 5.74) is 5.61. The van der Waals surface area contributed by atoms with Crippen LogP contribution in [0, 0.1) is 11.8 Å². The Kier molecular flexibility index (Phi) is 2.14. The smallest absolute Gasteiger partial charge is 0.251 e. The minimum absolute atomic E-state index is 0. The van der Waals surface area contributed by atoms with Gasteiger partial charge in [-0.3, -0.25) is 0 Å². The summed E-state index contributed by atoms with van der Waals surface area (Å²) in [6, 6.07) is 0.0598. The molecular formula is C7H12ClF2N. The zero-order valence-electron chi connectivity index (χ0n) is 6.09. The highest BCUT2D eigenvalue weighted by Gasteiger charge is 2.55. The van der Waals surface area contributed by atoms with Gasteiger partial charge in [0, 0.05) is 18.4 Å². The van der Waals surface area contributed by atoms with Crippen LogP contribution >= 0.6 is 12.4 Å². The Hall–Kier alpha value is 0.110. The predicted octanol–water partition coefficient (Wildman–Crippen LogP) is 1.80. The molecule has 4 heteroatoms. The zero-order valence-corrected chi connectivity index (χ0v) is 6.91. The van der Waals surface area contributed by atoms with Crippen LogP contribution < -0.4 is 5.73 Å². The third kappa shape index (κ3) is 1.25. The summed E-state index contributed by atoms with van der Waals surface area (Å²) in [4.78, 5) is 0. The highest BCUT2D eigenvalue weighted by Crippen LogP contribution is 2.52. The molecule has 0 amide bonds. The molecular weight excluding hydrogens is 172 g/mol. The topological polar surface area (TPSA) is 26.0 Å². The summed E-state index contributed by atoms with van der Waals surface area (Å²) in [6.45, 7) is 0. The van der Waals surface area contributed by atoms with Crippen LogP contribution in [0.25, 0.3) is 0 Å². The minimum Gasteiger partial charge on any atom is -0.327 e. The molecule has 3 atom stereocenters. The van der Waals surface area contributed by atoms with Crippen LogP contribution in [0.3, 0.4) is 0 Å². The van der Waals surface area contributed by atoms with E-state index in [1.54, 1.807) is 0 Å². The van der Waals surface area contributed by atoms with Crippen molar-refractivity contribution in [3.8, 4) is 0 Å². The Balaban J connectivity index is 0.000000605. The van der Waals surface area contributed by atoms with Crippen LogP contribution in [0.4, 0.5) is 8.78 Å². The fraction of sp³-hybridized carbons (Fsp3) is 1.00. The quantitative estimate of drug-likeness (QED) is 0.609. The second-order valence-corrected chi connectivity index (χ2v) is 3.56. The van der Waals surface area contributed by atoms with Gasteiger partial charge in [-0.2, -0.15) is 0 Å². The monoisotopic (exact) mass is 183 g/mol. The Bertz CT molecular complexity index is 161. The molecule has 1 nitrogen and oxygen atoms in total. The first kappa shape index (κ1) is 9.20. The zero-order chi connectivity index (χ0) is 7.35. The summed E-state index contributed by atoms with van der Waals surface area (Å²) in [5, 5.41) is 0. The fourth-order valence-corrected chi connectivity index (χ4v) is 2.25. The van der Waals surface area contributed by atoms with Crippen molar-refractivity contribution in [2.45, 2.75) is 31.2 Å². The fourth-order valence-electron chi connectivity index (χ4n) is 2.25. The molecule has 2 saturated carbocycles. The van der Waals surface area contributed by atoms with Crippen molar-refractivity contribution >= 4 is 12.4 Å². The molecule has 2 aliphatic carbocycles. The van der Waals surface area contributed by atoms with Crippen LogP contribution in [-0.4, -0.2) is 12.0 Å². The summed E-state index contributed by atoms with van der Waals surface area (Å²) in [7, 11) is 0. The number of hydrogen-bond donors (Lipinski definition) is 1. The average molecular weight is 184 g/mol. The van der Waals surface area contributed by atoms with E-state index >= 15 is 0 Å². The van der Waals surface area contributed by atoms with Crippen LogP contribution in [0.5, 0.6) is 0 Å². The van der Waals surface area contributed by atoms with Crippen LogP contribution in [-0.2, 0) is 0 Å². The first-order chi connectivity index (χ1) is 4.59. The highest BCUT2D eigenvalue weighted by molar-refractivity contribution is 5.85. The largest absolute Gasteiger partial charge is 0.327 e. The van der Waals surface area contributed by atoms with Gasteiger partial charge in [0.25, 0.3) is 5.92 Å². The van der Waals surface area contributed by atoms with Gasteiger partial charge in [0.15, 0.2) is 0 Å². The Morgan fingerprint density at radius 2 is 1.91 bits per heavy atom. The maximum Gasteiger partial charge on any atom is 0.251 e. The van der Waals surface area contributed by atoms with E-state index in [0.717, 1.165) is 0 Å². The number of hydrogen-bond acceptors (Lipinski definition) is 1. The first-order valence-electron chi connectivity index (χ1n) is 3.73. The third-order valence-corrected chi connectivity index (χ3v) is 2.88. The molecule has 2 fully saturated rings. The van der Waals surface area contributed by atoms with Gasteiger partial charge in [0.05, 0.1) is 0 Å². The van der Waals surface area contributed by atoms with E-state index in [4.69, 9.17) is 5.73 Å². The lowest BCUT2D eigenvalue weighted by molar-refractivity contribution is -0.0542. The van der Waals surface area contributed by atoms with Gasteiger partial charge in [-0.15, -0.1) is 12.4 Å². The van der Waals surface area contributed by atoms with Crippen LogP contribution in [0.2, 0.25) is 0 Å². The van der Waals surface area contributed by atoms with Gasteiger partial charge in [0.1, 0.15) is 0 Å². The molecule has 0 heterocycles. The van der Waals surface area contributed by atoms with Crippen LogP contribution in [0.1, 0.15) is 19.3 Å². The van der Waals surface area contributed by atoms with E-state index in [9.17, 15) is 8.78 Å². The van der Waals surface area contributed by atoms with Crippen molar-refractivity contribution in [2.24, 2.45) is 17.6 Å². The molecule has 0 saturated heterocycles. The molecule has 2 aliphatic rings. The molecule has 2 N–H and O–H groups in total. The van der Waals surface area contributed by atoms with E-state index in [0.29, 0.717) is 12.8 Å². The second kappa shape index (κ2) is 2.56. The number of alkyl halides is 2. The van der Waals surface area contributed by atoms with Crippen LogP contribution in [0.15, 0.2) is 0 Å². The second-order valence-electron chi connectivity index (χ2n) is 3.56. The van der Waals surface area contributed by atoms with Gasteiger partial charge in [-0.1, -0.05) is 0 Å². The summed E-state index contributed by atoms with van der Waals surface area (Å²) in [6.07, 6.45) is 1.24. The standard InChI is InChI=1S/C7H11F2N.ClH/c8-7(9)3-4-1-5(7)2-6(4)10;/h4-6H,1-3,10H2;1H/t4-,5-,6-;/m1./s1. The minimum atomic E-state index is -2.39. The average Bonchev–Trinajstić information content (AvgIpc) is 2.21. The van der Waals surface area contributed by atoms with Crippen molar-refractivity contribution < 1.29 is 8.78 Å². The molecule has 66 valence electrons. The Labute approximate surface area is 70.7 Å². The number of nitrogens with two attached hydrogens (primary N) is 1. The van der Waals surface area contributed by atoms with Gasteiger partial charge < -0.3 is 5.73 Å². The Morgan fingerprint density at radius 3 is 2.18 bits per heavy atom. The molecule has 0 radical (unpaired) electrons. The predicted molar refractivity (Wildman–Crippen MR) is 41.0 cm³/mol. The number of fused-ring (bicyclic) bond motifs is 2. The van der Waals surface area contributed by atoms with E-state index < -0.39 is 11.8 Å². The van der Waals surface area contributed by atoms with Crippen molar-refractivity contribution in [3.63, 3.8) is 0 Å². The lowest BCUT2D eigenvalue weighted by atomic mass is 9.93. The SMILES string of the molecule is Cl.N[C@@H]1C[C@H]2C[C@@H]1CC2(F)F. The van der Waals surface area contributed by atoms with Crippen molar-refractivity contribution in [1.82, 2.24) is 0 Å². The maximum atomic E-state index is 12.8. The summed E-state index contributed by atoms with van der Waals surface area (Å²) >= 11 is 0. The van der Waals surface area contributed by atoms with Crippen molar-refractivity contribution in [1.29, 1.82) is 0 Å². The normalized spacial score (nSPS) is 45.5. The number of halogens is 3. The van der Waals surface area contributed by atoms with E-state index in [2.05, 4.69) is 0 Å². The molecule has 2 rings (SSSR count). The Morgan fingerprint density at radius 1 is 1.27 bits per heavy atom. The number of rotatable bonds is 0. The van der Waals surface area contributed by atoms with E-state index in [-0.39, 0.29) is 30.8 Å². The lowest BCUT2D eigenvalue weighted by Gasteiger charge is -2.24. The molecule has 0 unspecified atom stereocenters. The van der Waals surface area contributed by atoms with Crippen molar-refractivity contribution in [3.05, 3.63) is 0 Å². The molecule has 0 aliphatic heterocycles. The van der Waals surface area contributed by atoms with Crippen molar-refractivity contribution in [2.75, 3.05) is 0 Å². The maximum absolute atomic E-state index is 12.8. The third-order valence-electron chi connectivity index (χ3n) is 2.88. The summed E-state index contributed by atoms with van der Waals surface area (Å²) in [5.74, 6) is -2.67. The highest BCUT2D eigenvalue weighted by atomic mass is 35.5. The molecule has 11 heavy (non-hydrogen) atoms. The van der Waals surface area contributed by atoms with Gasteiger partial charge >= 0.3 is 0 Å². The molecule has 0 spiro atoms. The molecule has 0 aromatic heterocycles. The molecule has 0 aromatic rings. The van der Waals surface area contributed by atoms with Gasteiger partial charge in [-0.05, 0) is 18.8 Å². The van der Waals surface area contributed by atoms with Gasteiger partial charge in [-0.25, -0.2) is 8.78 Å². The van der Waals surface area contributed by atoms with E-state index in [1.165, 1.54) is 0 Å². The summed E-state index contributed by atoms with van der Waals surface area (Å²) < 4.78 is 25.5. The van der Waals surface area contributed by atoms with Gasteiger partial charge in [0.2, 0.25) is 0 Å².